The summed E-state index contributed by atoms with van der Waals surface area (Å²) in [5.74, 6) is 1.65. The van der Waals surface area contributed by atoms with Gasteiger partial charge in [0.25, 0.3) is 0 Å². The highest BCUT2D eigenvalue weighted by atomic mass is 16.5. The molecule has 8 nitrogen and oxygen atoms in total. The van der Waals surface area contributed by atoms with Crippen LogP contribution in [0.5, 0.6) is 11.5 Å². The Kier molecular flexibility index (Phi) is 9.63. The summed E-state index contributed by atoms with van der Waals surface area (Å²) in [4.78, 5) is 0. The van der Waals surface area contributed by atoms with Gasteiger partial charge in [-0.3, -0.25) is 0 Å². The van der Waals surface area contributed by atoms with Crippen molar-refractivity contribution in [3.8, 4) is 11.5 Å². The third-order valence-corrected chi connectivity index (χ3v) is 8.74. The SMILES string of the molecule is COc1cc2c(cc1NCCCNCc1cccc(CNCCCNc3cc4oc5ccccc5c4cc3OC)c1)oc1ccccc12. The zero-order valence-corrected chi connectivity index (χ0v) is 27.5. The van der Waals surface area contributed by atoms with Gasteiger partial charge in [-0.15, -0.1) is 0 Å². The van der Waals surface area contributed by atoms with E-state index in [-0.39, 0.29) is 0 Å². The predicted octanol–water partition coefficient (Wildman–Crippen LogP) is 8.69. The highest BCUT2D eigenvalue weighted by molar-refractivity contribution is 6.07. The molecule has 0 radical (unpaired) electrons. The van der Waals surface area contributed by atoms with Crippen molar-refractivity contribution in [2.24, 2.45) is 0 Å². The van der Waals surface area contributed by atoms with Crippen LogP contribution in [0.15, 0.2) is 106 Å². The summed E-state index contributed by atoms with van der Waals surface area (Å²) in [5.41, 5.74) is 7.97. The van der Waals surface area contributed by atoms with E-state index in [0.717, 1.165) is 119 Å². The Labute approximate surface area is 280 Å². The quantitative estimate of drug-likeness (QED) is 0.0779. The van der Waals surface area contributed by atoms with E-state index >= 15 is 0 Å². The Balaban J connectivity index is 0.818. The Morgan fingerprint density at radius 2 is 0.958 bits per heavy atom. The second kappa shape index (κ2) is 14.7. The molecular weight excluding hydrogens is 600 g/mol. The van der Waals surface area contributed by atoms with Crippen molar-refractivity contribution >= 4 is 55.3 Å². The van der Waals surface area contributed by atoms with E-state index in [1.54, 1.807) is 14.2 Å². The molecule has 246 valence electrons. The molecular formula is C40H42N4O4. The maximum absolute atomic E-state index is 6.06. The average molecular weight is 643 g/mol. The first-order valence-corrected chi connectivity index (χ1v) is 16.7. The van der Waals surface area contributed by atoms with Crippen LogP contribution in [0.25, 0.3) is 43.9 Å². The Bertz CT molecular complexity index is 2000. The zero-order chi connectivity index (χ0) is 32.7. The number of ether oxygens (including phenoxy) is 2. The highest BCUT2D eigenvalue weighted by Gasteiger charge is 2.13. The van der Waals surface area contributed by atoms with Gasteiger partial charge in [0.2, 0.25) is 0 Å². The molecule has 8 heteroatoms. The number of hydrogen-bond donors (Lipinski definition) is 4. The third kappa shape index (κ3) is 6.90. The van der Waals surface area contributed by atoms with E-state index in [9.17, 15) is 0 Å². The molecule has 0 unspecified atom stereocenters. The number of anilines is 2. The zero-order valence-electron chi connectivity index (χ0n) is 27.5. The van der Waals surface area contributed by atoms with Crippen LogP contribution in [-0.4, -0.2) is 40.4 Å². The molecule has 0 bridgehead atoms. The van der Waals surface area contributed by atoms with Crippen molar-refractivity contribution in [2.45, 2.75) is 25.9 Å². The number of benzene rings is 5. The van der Waals surface area contributed by atoms with Gasteiger partial charge in [0.05, 0.1) is 25.6 Å². The van der Waals surface area contributed by atoms with Crippen LogP contribution in [0.4, 0.5) is 11.4 Å². The second-order valence-electron chi connectivity index (χ2n) is 12.0. The standard InChI is InChI=1S/C40H42N4O4/c1-45-39-21-31-29-12-3-5-14-35(29)47-37(31)23-33(39)43-18-8-16-41-25-27-10-7-11-28(20-27)26-42-17-9-19-44-34-24-38-32(22-40(34)46-2)30-13-4-6-15-36(30)48-38/h3-7,10-15,20-24,41-44H,8-9,16-19,25-26H2,1-2H3. The lowest BCUT2D eigenvalue weighted by atomic mass is 10.1. The largest absolute Gasteiger partial charge is 0.495 e. The summed E-state index contributed by atoms with van der Waals surface area (Å²) in [6.45, 7) is 5.15. The fourth-order valence-electron chi connectivity index (χ4n) is 6.30. The molecule has 7 rings (SSSR count). The minimum Gasteiger partial charge on any atom is -0.495 e. The number of rotatable bonds is 16. The van der Waals surface area contributed by atoms with E-state index < -0.39 is 0 Å². The molecule has 2 aromatic heterocycles. The van der Waals surface area contributed by atoms with Crippen molar-refractivity contribution in [3.63, 3.8) is 0 Å². The predicted molar refractivity (Wildman–Crippen MR) is 197 cm³/mol. The highest BCUT2D eigenvalue weighted by Crippen LogP contribution is 2.37. The van der Waals surface area contributed by atoms with E-state index in [2.05, 4.69) is 69.8 Å². The molecule has 0 atom stereocenters. The van der Waals surface area contributed by atoms with Crippen molar-refractivity contribution in [1.82, 2.24) is 10.6 Å². The van der Waals surface area contributed by atoms with Crippen LogP contribution >= 0.6 is 0 Å². The van der Waals surface area contributed by atoms with E-state index in [0.29, 0.717) is 0 Å². The van der Waals surface area contributed by atoms with Gasteiger partial charge in [0.1, 0.15) is 33.8 Å². The van der Waals surface area contributed by atoms with Gasteiger partial charge in [0.15, 0.2) is 0 Å². The van der Waals surface area contributed by atoms with Crippen LogP contribution in [0, 0.1) is 0 Å². The molecule has 0 fully saturated rings. The maximum atomic E-state index is 6.06. The van der Waals surface area contributed by atoms with Crippen molar-refractivity contribution in [2.75, 3.05) is 51.0 Å². The fraction of sp³-hybridized carbons (Fsp3) is 0.250. The molecule has 0 saturated carbocycles. The van der Waals surface area contributed by atoms with Gasteiger partial charge >= 0.3 is 0 Å². The molecule has 0 aliphatic heterocycles. The molecule has 2 heterocycles. The number of furan rings is 2. The van der Waals surface area contributed by atoms with Gasteiger partial charge in [-0.25, -0.2) is 0 Å². The van der Waals surface area contributed by atoms with Gasteiger partial charge in [-0.2, -0.15) is 0 Å². The lowest BCUT2D eigenvalue weighted by Gasteiger charge is -2.12. The molecule has 7 aromatic rings. The second-order valence-corrected chi connectivity index (χ2v) is 12.0. The molecule has 0 aliphatic carbocycles. The molecule has 48 heavy (non-hydrogen) atoms. The molecule has 0 spiro atoms. The molecule has 0 amide bonds. The average Bonchev–Trinajstić information content (AvgIpc) is 3.67. The first-order valence-electron chi connectivity index (χ1n) is 16.7. The number of nitrogens with one attached hydrogen (secondary N) is 4. The summed E-state index contributed by atoms with van der Waals surface area (Å²) < 4.78 is 23.5. The third-order valence-electron chi connectivity index (χ3n) is 8.74. The Morgan fingerprint density at radius 1 is 0.479 bits per heavy atom. The summed E-state index contributed by atoms with van der Waals surface area (Å²) >= 11 is 0. The molecule has 5 aromatic carbocycles. The van der Waals surface area contributed by atoms with Gasteiger partial charge in [0, 0.05) is 59.9 Å². The molecule has 0 saturated heterocycles. The first-order chi connectivity index (χ1) is 23.7. The van der Waals surface area contributed by atoms with Gasteiger partial charge in [-0.05, 0) is 61.3 Å². The van der Waals surface area contributed by atoms with E-state index in [4.69, 9.17) is 18.3 Å². The van der Waals surface area contributed by atoms with Crippen molar-refractivity contribution < 1.29 is 18.3 Å². The number of hydrogen-bond acceptors (Lipinski definition) is 8. The molecule has 0 aliphatic rings. The Morgan fingerprint density at radius 3 is 1.44 bits per heavy atom. The number of para-hydroxylation sites is 2. The number of methoxy groups -OCH3 is 2. The number of fused-ring (bicyclic) bond motifs is 6. The minimum atomic E-state index is 0.824. The molecule has 4 N–H and O–H groups in total. The normalized spacial score (nSPS) is 11.5. The minimum absolute atomic E-state index is 0.824. The van der Waals surface area contributed by atoms with Crippen LogP contribution in [-0.2, 0) is 13.1 Å². The lowest BCUT2D eigenvalue weighted by Crippen LogP contribution is -2.19. The van der Waals surface area contributed by atoms with Crippen LogP contribution in [0.1, 0.15) is 24.0 Å². The van der Waals surface area contributed by atoms with Crippen LogP contribution in [0.3, 0.4) is 0 Å². The summed E-state index contributed by atoms with van der Waals surface area (Å²) in [6, 6.07) is 33.2. The summed E-state index contributed by atoms with van der Waals surface area (Å²) in [5, 5.41) is 18.6. The van der Waals surface area contributed by atoms with Crippen LogP contribution in [0.2, 0.25) is 0 Å². The fourth-order valence-corrected chi connectivity index (χ4v) is 6.30. The van der Waals surface area contributed by atoms with Gasteiger partial charge < -0.3 is 39.6 Å². The van der Waals surface area contributed by atoms with Crippen LogP contribution < -0.4 is 30.7 Å². The monoisotopic (exact) mass is 642 g/mol. The van der Waals surface area contributed by atoms with Crippen molar-refractivity contribution in [3.05, 3.63) is 108 Å². The smallest absolute Gasteiger partial charge is 0.142 e. The van der Waals surface area contributed by atoms with E-state index in [1.165, 1.54) is 11.1 Å². The Hall–Kier alpha value is -5.18. The van der Waals surface area contributed by atoms with Gasteiger partial charge in [-0.1, -0.05) is 60.7 Å². The first kappa shape index (κ1) is 31.4. The lowest BCUT2D eigenvalue weighted by molar-refractivity contribution is 0.417. The maximum Gasteiger partial charge on any atom is 0.142 e. The summed E-state index contributed by atoms with van der Waals surface area (Å²) in [7, 11) is 3.42. The topological polar surface area (TPSA) is 92.9 Å². The van der Waals surface area contributed by atoms with Crippen molar-refractivity contribution in [1.29, 1.82) is 0 Å². The van der Waals surface area contributed by atoms with E-state index in [1.807, 2.05) is 48.5 Å². The summed E-state index contributed by atoms with van der Waals surface area (Å²) in [6.07, 6.45) is 1.96.